The molecule has 2 rings (SSSR count). The lowest BCUT2D eigenvalue weighted by Crippen LogP contribution is -2.16. The van der Waals surface area contributed by atoms with Gasteiger partial charge in [0.15, 0.2) is 0 Å². The lowest BCUT2D eigenvalue weighted by atomic mass is 10.2. The molecule has 0 bridgehead atoms. The molecule has 0 saturated carbocycles. The van der Waals surface area contributed by atoms with Crippen LogP contribution in [0.2, 0.25) is 5.02 Å². The average molecular weight is 333 g/mol. The summed E-state index contributed by atoms with van der Waals surface area (Å²) in [7, 11) is -4.36. The second-order valence-corrected chi connectivity index (χ2v) is 6.41. The summed E-state index contributed by atoms with van der Waals surface area (Å²) in [6.45, 7) is 1.38. The van der Waals surface area contributed by atoms with E-state index < -0.39 is 32.2 Å². The van der Waals surface area contributed by atoms with Crippen molar-refractivity contribution in [2.24, 2.45) is 0 Å². The number of anilines is 2. The van der Waals surface area contributed by atoms with E-state index in [2.05, 4.69) is 0 Å². The van der Waals surface area contributed by atoms with Crippen LogP contribution in [0, 0.1) is 18.6 Å². The lowest BCUT2D eigenvalue weighted by molar-refractivity contribution is 0.564. The zero-order valence-corrected chi connectivity index (χ0v) is 12.4. The van der Waals surface area contributed by atoms with Gasteiger partial charge in [-0.25, -0.2) is 17.2 Å². The number of halogens is 3. The van der Waals surface area contributed by atoms with E-state index in [1.54, 1.807) is 0 Å². The summed E-state index contributed by atoms with van der Waals surface area (Å²) < 4.78 is 53.9. The number of nitrogens with one attached hydrogen (secondary N) is 1. The molecule has 0 atom stereocenters. The Morgan fingerprint density at radius 2 is 1.90 bits per heavy atom. The van der Waals surface area contributed by atoms with Gasteiger partial charge < -0.3 is 5.73 Å². The summed E-state index contributed by atoms with van der Waals surface area (Å²) in [5.41, 5.74) is 5.22. The standard InChI is InChI=1S/C13H11ClF2N2O2S/c1-7-5-8(17)6-11(12(7)16)21(19,20)18-13-9(14)3-2-4-10(13)15/h2-6,18H,17H2,1H3. The van der Waals surface area contributed by atoms with Crippen LogP contribution in [0.5, 0.6) is 0 Å². The van der Waals surface area contributed by atoms with Gasteiger partial charge in [0, 0.05) is 5.69 Å². The molecule has 0 heterocycles. The molecule has 3 N–H and O–H groups in total. The van der Waals surface area contributed by atoms with E-state index in [0.29, 0.717) is 0 Å². The van der Waals surface area contributed by atoms with Crippen LogP contribution in [0.3, 0.4) is 0 Å². The summed E-state index contributed by atoms with van der Waals surface area (Å²) in [6, 6.07) is 5.92. The van der Waals surface area contributed by atoms with Crippen molar-refractivity contribution >= 4 is 33.0 Å². The Morgan fingerprint density at radius 1 is 1.24 bits per heavy atom. The molecule has 2 aromatic rings. The number of para-hydroxylation sites is 1. The minimum absolute atomic E-state index is 0.0648. The van der Waals surface area contributed by atoms with E-state index in [0.717, 1.165) is 12.1 Å². The largest absolute Gasteiger partial charge is 0.399 e. The van der Waals surface area contributed by atoms with Gasteiger partial charge in [-0.1, -0.05) is 17.7 Å². The summed E-state index contributed by atoms with van der Waals surface area (Å²) in [6.07, 6.45) is 0. The molecule has 0 saturated heterocycles. The van der Waals surface area contributed by atoms with Crippen molar-refractivity contribution < 1.29 is 17.2 Å². The number of nitrogen functional groups attached to an aromatic ring is 1. The number of hydrogen-bond donors (Lipinski definition) is 2. The van der Waals surface area contributed by atoms with Gasteiger partial charge >= 0.3 is 0 Å². The third-order valence-electron chi connectivity index (χ3n) is 2.73. The van der Waals surface area contributed by atoms with Crippen LogP contribution in [-0.4, -0.2) is 8.42 Å². The number of rotatable bonds is 3. The molecule has 0 aliphatic carbocycles. The topological polar surface area (TPSA) is 72.2 Å². The number of aryl methyl sites for hydroxylation is 1. The maximum atomic E-state index is 14.0. The maximum Gasteiger partial charge on any atom is 0.265 e. The predicted octanol–water partition coefficient (Wildman–Crippen LogP) is 3.31. The van der Waals surface area contributed by atoms with Crippen LogP contribution in [0.1, 0.15) is 5.56 Å². The fourth-order valence-corrected chi connectivity index (χ4v) is 3.28. The van der Waals surface area contributed by atoms with E-state index in [9.17, 15) is 17.2 Å². The zero-order chi connectivity index (χ0) is 15.8. The summed E-state index contributed by atoms with van der Waals surface area (Å²) >= 11 is 5.74. The van der Waals surface area contributed by atoms with Crippen LogP contribution in [-0.2, 0) is 10.0 Å². The smallest absolute Gasteiger partial charge is 0.265 e. The molecule has 0 aliphatic heterocycles. The van der Waals surface area contributed by atoms with E-state index in [1.807, 2.05) is 4.72 Å². The molecule has 8 heteroatoms. The van der Waals surface area contributed by atoms with Crippen molar-refractivity contribution in [3.8, 4) is 0 Å². The second-order valence-electron chi connectivity index (χ2n) is 4.35. The first-order valence-electron chi connectivity index (χ1n) is 5.75. The molecule has 0 amide bonds. The van der Waals surface area contributed by atoms with E-state index in [1.165, 1.54) is 25.1 Å². The molecule has 2 aromatic carbocycles. The van der Waals surface area contributed by atoms with Crippen molar-refractivity contribution in [3.05, 3.63) is 52.6 Å². The van der Waals surface area contributed by atoms with E-state index in [4.69, 9.17) is 17.3 Å². The van der Waals surface area contributed by atoms with E-state index >= 15 is 0 Å². The molecule has 0 aromatic heterocycles. The molecular formula is C13H11ClF2N2O2S. The Morgan fingerprint density at radius 3 is 2.52 bits per heavy atom. The summed E-state index contributed by atoms with van der Waals surface area (Å²) in [4.78, 5) is -0.667. The molecule has 0 aliphatic rings. The van der Waals surface area contributed by atoms with Crippen molar-refractivity contribution in [1.82, 2.24) is 0 Å². The normalized spacial score (nSPS) is 11.4. The molecule has 4 nitrogen and oxygen atoms in total. The van der Waals surface area contributed by atoms with Crippen LogP contribution >= 0.6 is 11.6 Å². The van der Waals surface area contributed by atoms with Gasteiger partial charge in [-0.2, -0.15) is 0 Å². The van der Waals surface area contributed by atoms with Crippen LogP contribution < -0.4 is 10.5 Å². The quantitative estimate of drug-likeness (QED) is 0.847. The molecule has 0 radical (unpaired) electrons. The number of nitrogens with two attached hydrogens (primary N) is 1. The first kappa shape index (κ1) is 15.5. The fraction of sp³-hybridized carbons (Fsp3) is 0.0769. The highest BCUT2D eigenvalue weighted by atomic mass is 35.5. The van der Waals surface area contributed by atoms with Crippen molar-refractivity contribution in [2.45, 2.75) is 11.8 Å². The minimum Gasteiger partial charge on any atom is -0.399 e. The Labute approximate surface area is 125 Å². The van der Waals surface area contributed by atoms with Gasteiger partial charge in [0.1, 0.15) is 22.2 Å². The maximum absolute atomic E-state index is 14.0. The molecule has 21 heavy (non-hydrogen) atoms. The molecule has 112 valence electrons. The zero-order valence-electron chi connectivity index (χ0n) is 10.8. The molecule has 0 fully saturated rings. The van der Waals surface area contributed by atoms with Gasteiger partial charge in [-0.3, -0.25) is 4.72 Å². The van der Waals surface area contributed by atoms with Gasteiger partial charge in [0.2, 0.25) is 0 Å². The first-order chi connectivity index (χ1) is 9.72. The number of benzene rings is 2. The number of hydrogen-bond acceptors (Lipinski definition) is 3. The van der Waals surface area contributed by atoms with Gasteiger partial charge in [-0.15, -0.1) is 0 Å². The van der Waals surface area contributed by atoms with Crippen molar-refractivity contribution in [1.29, 1.82) is 0 Å². The second kappa shape index (κ2) is 5.50. The van der Waals surface area contributed by atoms with Crippen molar-refractivity contribution in [2.75, 3.05) is 10.5 Å². The van der Waals surface area contributed by atoms with E-state index in [-0.39, 0.29) is 16.3 Å². The Hall–Kier alpha value is -1.86. The Bertz CT molecular complexity index is 790. The summed E-state index contributed by atoms with van der Waals surface area (Å²) in [5, 5.41) is -0.139. The average Bonchev–Trinajstić information content (AvgIpc) is 2.38. The fourth-order valence-electron chi connectivity index (χ4n) is 1.74. The Balaban J connectivity index is 2.54. The third-order valence-corrected chi connectivity index (χ3v) is 4.40. The monoisotopic (exact) mass is 332 g/mol. The van der Waals surface area contributed by atoms with Gasteiger partial charge in [0.25, 0.3) is 10.0 Å². The highest BCUT2D eigenvalue weighted by Crippen LogP contribution is 2.29. The van der Waals surface area contributed by atoms with Gasteiger partial charge in [-0.05, 0) is 36.8 Å². The van der Waals surface area contributed by atoms with Crippen LogP contribution in [0.15, 0.2) is 35.2 Å². The SMILES string of the molecule is Cc1cc(N)cc(S(=O)(=O)Nc2c(F)cccc2Cl)c1F. The van der Waals surface area contributed by atoms with Crippen LogP contribution in [0.25, 0.3) is 0 Å². The third kappa shape index (κ3) is 3.08. The molecule has 0 spiro atoms. The molecule has 0 unspecified atom stereocenters. The van der Waals surface area contributed by atoms with Crippen molar-refractivity contribution in [3.63, 3.8) is 0 Å². The summed E-state index contributed by atoms with van der Waals surface area (Å²) in [5.74, 6) is -1.82. The number of sulfonamides is 1. The highest BCUT2D eigenvalue weighted by molar-refractivity contribution is 7.92. The minimum atomic E-state index is -4.36. The predicted molar refractivity (Wildman–Crippen MR) is 77.8 cm³/mol. The first-order valence-corrected chi connectivity index (χ1v) is 7.61. The lowest BCUT2D eigenvalue weighted by Gasteiger charge is -2.12. The highest BCUT2D eigenvalue weighted by Gasteiger charge is 2.23. The Kier molecular flexibility index (Phi) is 4.06. The van der Waals surface area contributed by atoms with Gasteiger partial charge in [0.05, 0.1) is 5.02 Å². The molecular weight excluding hydrogens is 322 g/mol. The van der Waals surface area contributed by atoms with Crippen LogP contribution in [0.4, 0.5) is 20.2 Å².